The van der Waals surface area contributed by atoms with Gasteiger partial charge in [0.1, 0.15) is 6.04 Å². The van der Waals surface area contributed by atoms with Crippen molar-refractivity contribution in [1.82, 2.24) is 14.6 Å². The Kier molecular flexibility index (Phi) is 1.73. The summed E-state index contributed by atoms with van der Waals surface area (Å²) in [7, 11) is 0. The number of pyridine rings is 1. The molecule has 4 heteroatoms. The summed E-state index contributed by atoms with van der Waals surface area (Å²) in [6.07, 6.45) is 4.54. The van der Waals surface area contributed by atoms with Crippen molar-refractivity contribution < 1.29 is 5.32 Å². The molecule has 0 radical (unpaired) electrons. The maximum atomic E-state index is 4.26. The second-order valence-corrected chi connectivity index (χ2v) is 3.76. The molecule has 1 atom stereocenters. The quantitative estimate of drug-likeness (QED) is 0.693. The lowest BCUT2D eigenvalue weighted by molar-refractivity contribution is -0.677. The first-order chi connectivity index (χ1) is 6.95. The van der Waals surface area contributed by atoms with E-state index in [1.807, 2.05) is 24.4 Å². The van der Waals surface area contributed by atoms with E-state index in [0.717, 1.165) is 11.5 Å². The Labute approximate surface area is 82.0 Å². The average molecular weight is 189 g/mol. The molecule has 2 aromatic rings. The molecule has 4 nitrogen and oxygen atoms in total. The second kappa shape index (κ2) is 3.06. The fourth-order valence-corrected chi connectivity index (χ4v) is 2.12. The van der Waals surface area contributed by atoms with Gasteiger partial charge in [0, 0.05) is 19.0 Å². The van der Waals surface area contributed by atoms with Crippen molar-refractivity contribution in [2.75, 3.05) is 6.54 Å². The van der Waals surface area contributed by atoms with E-state index in [-0.39, 0.29) is 0 Å². The van der Waals surface area contributed by atoms with E-state index >= 15 is 0 Å². The first kappa shape index (κ1) is 7.94. The van der Waals surface area contributed by atoms with Crippen molar-refractivity contribution in [2.45, 2.75) is 18.9 Å². The van der Waals surface area contributed by atoms with Gasteiger partial charge >= 0.3 is 0 Å². The fourth-order valence-electron chi connectivity index (χ4n) is 2.12. The minimum Gasteiger partial charge on any atom is -0.337 e. The highest BCUT2D eigenvalue weighted by atomic mass is 15.3. The first-order valence-corrected chi connectivity index (χ1v) is 5.08. The van der Waals surface area contributed by atoms with E-state index in [9.17, 15) is 0 Å². The summed E-state index contributed by atoms with van der Waals surface area (Å²) in [5.74, 6) is 1.10. The molecule has 1 aliphatic rings. The third-order valence-electron chi connectivity index (χ3n) is 2.84. The highest BCUT2D eigenvalue weighted by molar-refractivity contribution is 5.37. The summed E-state index contributed by atoms with van der Waals surface area (Å²) in [4.78, 5) is 0. The van der Waals surface area contributed by atoms with Crippen LogP contribution in [0.25, 0.3) is 5.65 Å². The van der Waals surface area contributed by atoms with Gasteiger partial charge in [0.25, 0.3) is 0 Å². The number of fused-ring (bicyclic) bond motifs is 1. The maximum absolute atomic E-state index is 4.26. The van der Waals surface area contributed by atoms with Gasteiger partial charge in [-0.15, -0.1) is 10.2 Å². The molecule has 1 aliphatic heterocycles. The van der Waals surface area contributed by atoms with Crippen LogP contribution in [0.2, 0.25) is 0 Å². The lowest BCUT2D eigenvalue weighted by Crippen LogP contribution is -2.82. The van der Waals surface area contributed by atoms with E-state index in [2.05, 4.69) is 19.9 Å². The molecular weight excluding hydrogens is 176 g/mol. The van der Waals surface area contributed by atoms with Gasteiger partial charge in [-0.05, 0) is 12.1 Å². The minimum atomic E-state index is 0.507. The van der Waals surface area contributed by atoms with Crippen LogP contribution in [0.1, 0.15) is 24.7 Å². The predicted octanol–water partition coefficient (Wildman–Crippen LogP) is 0.128. The van der Waals surface area contributed by atoms with Crippen LogP contribution >= 0.6 is 0 Å². The van der Waals surface area contributed by atoms with Crippen LogP contribution in [0, 0.1) is 0 Å². The average Bonchev–Trinajstić information content (AvgIpc) is 2.85. The zero-order valence-electron chi connectivity index (χ0n) is 7.93. The molecule has 0 spiro atoms. The summed E-state index contributed by atoms with van der Waals surface area (Å²) in [6.45, 7) is 1.21. The summed E-state index contributed by atoms with van der Waals surface area (Å²) in [6, 6.07) is 6.51. The van der Waals surface area contributed by atoms with E-state index < -0.39 is 0 Å². The Morgan fingerprint density at radius 2 is 2.36 bits per heavy atom. The Morgan fingerprint density at radius 1 is 1.36 bits per heavy atom. The van der Waals surface area contributed by atoms with Gasteiger partial charge in [-0.3, -0.25) is 4.40 Å². The van der Waals surface area contributed by atoms with Crippen LogP contribution in [0.15, 0.2) is 24.4 Å². The van der Waals surface area contributed by atoms with Gasteiger partial charge in [0.05, 0.1) is 6.54 Å². The molecule has 72 valence electrons. The van der Waals surface area contributed by atoms with Gasteiger partial charge in [-0.1, -0.05) is 6.07 Å². The number of nitrogens with two attached hydrogens (primary N) is 1. The molecule has 1 fully saturated rings. The minimum absolute atomic E-state index is 0.507. The van der Waals surface area contributed by atoms with Crippen molar-refractivity contribution >= 4 is 5.65 Å². The highest BCUT2D eigenvalue weighted by Gasteiger charge is 2.24. The van der Waals surface area contributed by atoms with Crippen molar-refractivity contribution in [3.05, 3.63) is 30.2 Å². The monoisotopic (exact) mass is 189 g/mol. The third kappa shape index (κ3) is 1.11. The van der Waals surface area contributed by atoms with Gasteiger partial charge in [0.15, 0.2) is 11.5 Å². The highest BCUT2D eigenvalue weighted by Crippen LogP contribution is 2.16. The van der Waals surface area contributed by atoms with Crippen molar-refractivity contribution in [3.8, 4) is 0 Å². The molecule has 2 aromatic heterocycles. The number of nitrogens with zero attached hydrogens (tertiary/aromatic N) is 3. The van der Waals surface area contributed by atoms with E-state index in [1.165, 1.54) is 19.4 Å². The van der Waals surface area contributed by atoms with E-state index in [1.54, 1.807) is 0 Å². The predicted molar refractivity (Wildman–Crippen MR) is 51.8 cm³/mol. The SMILES string of the molecule is c1ccn2c([C@@H]3CCC[NH2+]3)nnc2c1. The molecule has 0 bridgehead atoms. The van der Waals surface area contributed by atoms with Crippen molar-refractivity contribution in [2.24, 2.45) is 0 Å². The zero-order valence-corrected chi connectivity index (χ0v) is 7.93. The van der Waals surface area contributed by atoms with Crippen LogP contribution in [0.4, 0.5) is 0 Å². The summed E-state index contributed by atoms with van der Waals surface area (Å²) in [5, 5.41) is 10.8. The van der Waals surface area contributed by atoms with E-state index in [4.69, 9.17) is 0 Å². The molecule has 14 heavy (non-hydrogen) atoms. The third-order valence-corrected chi connectivity index (χ3v) is 2.84. The Hall–Kier alpha value is -1.42. The molecule has 1 saturated heterocycles. The number of quaternary nitrogens is 1. The molecule has 2 N–H and O–H groups in total. The molecule has 0 saturated carbocycles. The van der Waals surface area contributed by atoms with Gasteiger partial charge in [-0.2, -0.15) is 0 Å². The normalized spacial score (nSPS) is 21.9. The Balaban J connectivity index is 2.11. The van der Waals surface area contributed by atoms with Gasteiger partial charge in [0.2, 0.25) is 0 Å². The van der Waals surface area contributed by atoms with Crippen molar-refractivity contribution in [3.63, 3.8) is 0 Å². The lowest BCUT2D eigenvalue weighted by atomic mass is 10.2. The van der Waals surface area contributed by atoms with E-state index in [0.29, 0.717) is 6.04 Å². The summed E-state index contributed by atoms with van der Waals surface area (Å²) in [5.41, 5.74) is 0.947. The fraction of sp³-hybridized carbons (Fsp3) is 0.400. The zero-order chi connectivity index (χ0) is 9.38. The molecule has 0 unspecified atom stereocenters. The molecule has 0 aliphatic carbocycles. The number of rotatable bonds is 1. The van der Waals surface area contributed by atoms with Crippen LogP contribution in [-0.2, 0) is 0 Å². The molecule has 0 amide bonds. The molecule has 0 aromatic carbocycles. The van der Waals surface area contributed by atoms with Crippen LogP contribution in [0.5, 0.6) is 0 Å². The Bertz CT molecular complexity index is 442. The van der Waals surface area contributed by atoms with Crippen molar-refractivity contribution in [1.29, 1.82) is 0 Å². The molecule has 3 rings (SSSR count). The number of aromatic nitrogens is 3. The van der Waals surface area contributed by atoms with Crippen LogP contribution in [-0.4, -0.2) is 21.1 Å². The van der Waals surface area contributed by atoms with Gasteiger partial charge in [-0.25, -0.2) is 0 Å². The van der Waals surface area contributed by atoms with Crippen LogP contribution in [0.3, 0.4) is 0 Å². The lowest BCUT2D eigenvalue weighted by Gasteiger charge is -2.03. The maximum Gasteiger partial charge on any atom is 0.195 e. The standard InChI is InChI=1S/C10H12N4/c1-2-7-14-9(5-1)12-13-10(14)8-4-3-6-11-8/h1-2,5,7-8,11H,3-4,6H2/p+1/t8-/m0/s1. The molecular formula is C10H13N4+. The first-order valence-electron chi connectivity index (χ1n) is 5.08. The summed E-state index contributed by atoms with van der Waals surface area (Å²) >= 11 is 0. The van der Waals surface area contributed by atoms with Crippen LogP contribution < -0.4 is 5.32 Å². The smallest absolute Gasteiger partial charge is 0.195 e. The number of hydrogen-bond donors (Lipinski definition) is 1. The second-order valence-electron chi connectivity index (χ2n) is 3.76. The molecule has 3 heterocycles. The largest absolute Gasteiger partial charge is 0.337 e. The van der Waals surface area contributed by atoms with Gasteiger partial charge < -0.3 is 5.32 Å². The topological polar surface area (TPSA) is 46.8 Å². The summed E-state index contributed by atoms with van der Waals surface area (Å²) < 4.78 is 2.09. The number of hydrogen-bond acceptors (Lipinski definition) is 2. The Morgan fingerprint density at radius 3 is 3.21 bits per heavy atom.